The molecule has 0 bridgehead atoms. The molecule has 0 atom stereocenters. The highest BCUT2D eigenvalue weighted by Crippen LogP contribution is 2.39. The number of fused-ring (bicyclic) bond motifs is 1. The van der Waals surface area contributed by atoms with Gasteiger partial charge in [-0.3, -0.25) is 0 Å². The van der Waals surface area contributed by atoms with Gasteiger partial charge < -0.3 is 9.64 Å². The van der Waals surface area contributed by atoms with E-state index < -0.39 is 0 Å². The number of nitrogens with zero attached hydrogens (tertiary/aromatic N) is 1. The van der Waals surface area contributed by atoms with E-state index in [2.05, 4.69) is 63.1 Å². The molecule has 0 fully saturated rings. The van der Waals surface area contributed by atoms with Crippen LogP contribution in [-0.4, -0.2) is 20.2 Å². The predicted molar refractivity (Wildman–Crippen MR) is 87.2 cm³/mol. The molecule has 0 saturated heterocycles. The second kappa shape index (κ2) is 4.81. The smallest absolute Gasteiger partial charge is 0.143 e. The Kier molecular flexibility index (Phi) is 3.25. The summed E-state index contributed by atoms with van der Waals surface area (Å²) in [5.41, 5.74) is 2.65. The maximum absolute atomic E-state index is 5.79. The zero-order chi connectivity index (χ0) is 14.3. The summed E-state index contributed by atoms with van der Waals surface area (Å²) in [6.07, 6.45) is 0. The number of rotatable bonds is 1. The molecule has 2 aromatic rings. The van der Waals surface area contributed by atoms with Crippen molar-refractivity contribution in [2.75, 3.05) is 25.1 Å². The first-order valence-electron chi connectivity index (χ1n) is 7.04. The van der Waals surface area contributed by atoms with Crippen molar-refractivity contribution in [3.63, 3.8) is 0 Å². The van der Waals surface area contributed by atoms with Crippen LogP contribution in [0.5, 0.6) is 5.75 Å². The summed E-state index contributed by atoms with van der Waals surface area (Å²) >= 11 is 1.88. The highest BCUT2D eigenvalue weighted by Gasteiger charge is 2.18. The summed E-state index contributed by atoms with van der Waals surface area (Å²) in [6, 6.07) is 11.0. The lowest BCUT2D eigenvalue weighted by molar-refractivity contribution is 0.311. The molecule has 0 N–H and O–H groups in total. The topological polar surface area (TPSA) is 12.5 Å². The fourth-order valence-corrected chi connectivity index (χ4v) is 3.47. The summed E-state index contributed by atoms with van der Waals surface area (Å²) in [6.45, 7) is 8.50. The number of thiophene rings is 1. The SMILES string of the molecule is CN1CCOc2cc(-c3ccc(C(C)(C)C)s3)ccc21. The second-order valence-corrected chi connectivity index (χ2v) is 7.45. The zero-order valence-electron chi connectivity index (χ0n) is 12.6. The Morgan fingerprint density at radius 2 is 1.95 bits per heavy atom. The molecule has 0 unspecified atom stereocenters. The Labute approximate surface area is 125 Å². The van der Waals surface area contributed by atoms with E-state index in [1.807, 2.05) is 11.3 Å². The Morgan fingerprint density at radius 1 is 1.15 bits per heavy atom. The van der Waals surface area contributed by atoms with E-state index in [9.17, 15) is 0 Å². The number of ether oxygens (including phenoxy) is 1. The van der Waals surface area contributed by atoms with Crippen LogP contribution in [0.25, 0.3) is 10.4 Å². The average molecular weight is 287 g/mol. The molecule has 1 aromatic carbocycles. The maximum Gasteiger partial charge on any atom is 0.143 e. The van der Waals surface area contributed by atoms with Crippen LogP contribution in [0.3, 0.4) is 0 Å². The lowest BCUT2D eigenvalue weighted by Gasteiger charge is -2.27. The quantitative estimate of drug-likeness (QED) is 0.763. The van der Waals surface area contributed by atoms with Crippen LogP contribution >= 0.6 is 11.3 Å². The molecule has 106 valence electrons. The van der Waals surface area contributed by atoms with Gasteiger partial charge in [0.25, 0.3) is 0 Å². The van der Waals surface area contributed by atoms with Gasteiger partial charge in [-0.25, -0.2) is 0 Å². The van der Waals surface area contributed by atoms with E-state index in [1.165, 1.54) is 21.0 Å². The summed E-state index contributed by atoms with van der Waals surface area (Å²) in [5.74, 6) is 1.00. The van der Waals surface area contributed by atoms with Crippen LogP contribution in [-0.2, 0) is 5.41 Å². The van der Waals surface area contributed by atoms with E-state index in [1.54, 1.807) is 0 Å². The predicted octanol–water partition coefficient (Wildman–Crippen LogP) is 4.54. The molecule has 1 aliphatic heterocycles. The summed E-state index contributed by atoms with van der Waals surface area (Å²) < 4.78 is 5.79. The third-order valence-corrected chi connectivity index (χ3v) is 5.25. The molecule has 0 saturated carbocycles. The first-order chi connectivity index (χ1) is 9.45. The van der Waals surface area contributed by atoms with E-state index >= 15 is 0 Å². The van der Waals surface area contributed by atoms with Crippen molar-refractivity contribution in [3.8, 4) is 16.2 Å². The molecule has 1 aromatic heterocycles. The Bertz CT molecular complexity index is 624. The van der Waals surface area contributed by atoms with Gasteiger partial charge in [0.15, 0.2) is 0 Å². The van der Waals surface area contributed by atoms with Gasteiger partial charge in [-0.2, -0.15) is 0 Å². The van der Waals surface area contributed by atoms with Crippen molar-refractivity contribution in [1.82, 2.24) is 0 Å². The Morgan fingerprint density at radius 3 is 2.65 bits per heavy atom. The molecule has 2 heterocycles. The molecule has 2 nitrogen and oxygen atoms in total. The van der Waals surface area contributed by atoms with Gasteiger partial charge in [-0.05, 0) is 35.2 Å². The van der Waals surface area contributed by atoms with Crippen molar-refractivity contribution in [3.05, 3.63) is 35.2 Å². The minimum absolute atomic E-state index is 0.216. The van der Waals surface area contributed by atoms with Gasteiger partial charge in [0.2, 0.25) is 0 Å². The Balaban J connectivity index is 1.97. The number of hydrogen-bond acceptors (Lipinski definition) is 3. The number of likely N-dealkylation sites (N-methyl/N-ethyl adjacent to an activating group) is 1. The van der Waals surface area contributed by atoms with Crippen LogP contribution in [0.4, 0.5) is 5.69 Å². The van der Waals surface area contributed by atoms with Crippen LogP contribution in [0.15, 0.2) is 30.3 Å². The van der Waals surface area contributed by atoms with Crippen LogP contribution in [0.2, 0.25) is 0 Å². The first kappa shape index (κ1) is 13.5. The first-order valence-corrected chi connectivity index (χ1v) is 7.85. The normalized spacial score (nSPS) is 14.9. The zero-order valence-corrected chi connectivity index (χ0v) is 13.4. The highest BCUT2D eigenvalue weighted by molar-refractivity contribution is 7.15. The van der Waals surface area contributed by atoms with E-state index in [4.69, 9.17) is 4.74 Å². The molecule has 20 heavy (non-hydrogen) atoms. The minimum Gasteiger partial charge on any atom is -0.490 e. The van der Waals surface area contributed by atoms with Crippen molar-refractivity contribution < 1.29 is 4.74 Å². The molecule has 0 radical (unpaired) electrons. The fraction of sp³-hybridized carbons (Fsp3) is 0.412. The van der Waals surface area contributed by atoms with Gasteiger partial charge in [0.05, 0.1) is 12.2 Å². The molecule has 0 amide bonds. The minimum atomic E-state index is 0.216. The number of benzene rings is 1. The molecule has 0 spiro atoms. The molecular weight excluding hydrogens is 266 g/mol. The molecular formula is C17H21NOS. The lowest BCUT2D eigenvalue weighted by Crippen LogP contribution is -2.28. The van der Waals surface area contributed by atoms with Crippen molar-refractivity contribution in [1.29, 1.82) is 0 Å². The summed E-state index contributed by atoms with van der Waals surface area (Å²) in [5, 5.41) is 0. The molecule has 1 aliphatic rings. The highest BCUT2D eigenvalue weighted by atomic mass is 32.1. The van der Waals surface area contributed by atoms with E-state index in [0.717, 1.165) is 18.9 Å². The van der Waals surface area contributed by atoms with Crippen LogP contribution in [0.1, 0.15) is 25.6 Å². The molecule has 3 heteroatoms. The van der Waals surface area contributed by atoms with Gasteiger partial charge >= 0.3 is 0 Å². The van der Waals surface area contributed by atoms with Gasteiger partial charge in [-0.15, -0.1) is 11.3 Å². The summed E-state index contributed by atoms with van der Waals surface area (Å²) in [7, 11) is 2.11. The van der Waals surface area contributed by atoms with E-state index in [0.29, 0.717) is 0 Å². The maximum atomic E-state index is 5.79. The number of anilines is 1. The third kappa shape index (κ3) is 2.42. The monoisotopic (exact) mass is 287 g/mol. The van der Waals surface area contributed by atoms with Gasteiger partial charge in [0.1, 0.15) is 12.4 Å². The van der Waals surface area contributed by atoms with Crippen molar-refractivity contribution in [2.45, 2.75) is 26.2 Å². The van der Waals surface area contributed by atoms with Crippen molar-refractivity contribution >= 4 is 17.0 Å². The standard InChI is InChI=1S/C17H21NOS/c1-17(2,3)16-8-7-15(20-16)12-5-6-13-14(11-12)19-10-9-18(13)4/h5-8,11H,9-10H2,1-4H3. The fourth-order valence-electron chi connectivity index (χ4n) is 2.41. The second-order valence-electron chi connectivity index (χ2n) is 6.37. The molecule has 0 aliphatic carbocycles. The van der Waals surface area contributed by atoms with Gasteiger partial charge in [-0.1, -0.05) is 26.8 Å². The Hall–Kier alpha value is -1.48. The van der Waals surface area contributed by atoms with Crippen LogP contribution in [0, 0.1) is 0 Å². The van der Waals surface area contributed by atoms with E-state index in [-0.39, 0.29) is 5.41 Å². The van der Waals surface area contributed by atoms with Crippen molar-refractivity contribution in [2.24, 2.45) is 0 Å². The number of hydrogen-bond donors (Lipinski definition) is 0. The average Bonchev–Trinajstić information content (AvgIpc) is 2.88. The summed E-state index contributed by atoms with van der Waals surface area (Å²) in [4.78, 5) is 4.98. The van der Waals surface area contributed by atoms with Gasteiger partial charge in [0, 0.05) is 16.8 Å². The van der Waals surface area contributed by atoms with Crippen LogP contribution < -0.4 is 9.64 Å². The molecule has 3 rings (SSSR count). The third-order valence-electron chi connectivity index (χ3n) is 3.69. The largest absolute Gasteiger partial charge is 0.490 e. The lowest BCUT2D eigenvalue weighted by atomic mass is 9.95.